The van der Waals surface area contributed by atoms with Gasteiger partial charge in [-0.3, -0.25) is 9.59 Å². The fourth-order valence-electron chi connectivity index (χ4n) is 5.19. The van der Waals surface area contributed by atoms with E-state index in [0.29, 0.717) is 42.4 Å². The van der Waals surface area contributed by atoms with Crippen LogP contribution in [0.4, 0.5) is 23.1 Å². The Balaban J connectivity index is 1.21. The second-order valence-electron chi connectivity index (χ2n) is 9.26. The molecule has 1 atom stereocenters. The van der Waals surface area contributed by atoms with Gasteiger partial charge in [0, 0.05) is 40.9 Å². The molecule has 35 heavy (non-hydrogen) atoms. The molecule has 1 fully saturated rings. The molecule has 8 heteroatoms. The molecule has 0 saturated carbocycles. The highest BCUT2D eigenvalue weighted by Crippen LogP contribution is 2.34. The maximum Gasteiger partial charge on any atom is 0.255 e. The van der Waals surface area contributed by atoms with Crippen LogP contribution in [0.2, 0.25) is 0 Å². The van der Waals surface area contributed by atoms with Crippen molar-refractivity contribution < 1.29 is 9.59 Å². The van der Waals surface area contributed by atoms with Gasteiger partial charge in [0.2, 0.25) is 11.9 Å². The third-order valence-corrected chi connectivity index (χ3v) is 6.97. The van der Waals surface area contributed by atoms with E-state index in [-0.39, 0.29) is 11.8 Å². The smallest absolute Gasteiger partial charge is 0.255 e. The van der Waals surface area contributed by atoms with E-state index in [1.165, 1.54) is 17.5 Å². The number of hydrogen-bond donors (Lipinski definition) is 3. The van der Waals surface area contributed by atoms with Crippen molar-refractivity contribution in [2.45, 2.75) is 44.7 Å². The van der Waals surface area contributed by atoms with Crippen LogP contribution in [-0.4, -0.2) is 32.7 Å². The first kappa shape index (κ1) is 21.3. The fraction of sp³-hybridized carbons (Fsp3) is 0.259. The van der Waals surface area contributed by atoms with Crippen molar-refractivity contribution in [1.29, 1.82) is 0 Å². The zero-order valence-corrected chi connectivity index (χ0v) is 19.3. The van der Waals surface area contributed by atoms with Gasteiger partial charge in [0.1, 0.15) is 11.9 Å². The molecule has 0 bridgehead atoms. The van der Waals surface area contributed by atoms with E-state index in [1.54, 1.807) is 17.2 Å². The molecule has 1 saturated heterocycles. The summed E-state index contributed by atoms with van der Waals surface area (Å²) in [6, 6.07) is 13.3. The first-order valence-corrected chi connectivity index (χ1v) is 12.0. The van der Waals surface area contributed by atoms with Crippen LogP contribution in [0.5, 0.6) is 0 Å². The third-order valence-electron chi connectivity index (χ3n) is 6.97. The van der Waals surface area contributed by atoms with Crippen LogP contribution in [0, 0.1) is 0 Å². The van der Waals surface area contributed by atoms with E-state index in [9.17, 15) is 9.59 Å². The van der Waals surface area contributed by atoms with Gasteiger partial charge in [0.15, 0.2) is 0 Å². The van der Waals surface area contributed by atoms with Crippen molar-refractivity contribution in [2.24, 2.45) is 0 Å². The highest BCUT2D eigenvalue weighted by atomic mass is 16.2. The van der Waals surface area contributed by atoms with Gasteiger partial charge < -0.3 is 20.9 Å². The summed E-state index contributed by atoms with van der Waals surface area (Å²) in [5, 5.41) is 9.43. The number of aryl methyl sites for hydroxylation is 2. The van der Waals surface area contributed by atoms with Crippen LogP contribution >= 0.6 is 0 Å². The lowest BCUT2D eigenvalue weighted by Gasteiger charge is -2.31. The quantitative estimate of drug-likeness (QED) is 0.521. The molecule has 2 aromatic carbocycles. The lowest BCUT2D eigenvalue weighted by atomic mass is 10.0. The SMILES string of the molecule is C=C1CCC(N2Cc3c(Nc4ccnc(Nc5ccc6c(c5)CCC6)n4)cccc3C2=O)C(=O)N1. The lowest BCUT2D eigenvalue weighted by Crippen LogP contribution is -2.49. The number of anilines is 4. The van der Waals surface area contributed by atoms with Crippen molar-refractivity contribution in [3.8, 4) is 0 Å². The molecule has 3 aliphatic rings. The second kappa shape index (κ2) is 8.54. The summed E-state index contributed by atoms with van der Waals surface area (Å²) < 4.78 is 0. The first-order chi connectivity index (χ1) is 17.0. The molecular formula is C27H26N6O2. The van der Waals surface area contributed by atoms with E-state index in [0.717, 1.165) is 29.8 Å². The topological polar surface area (TPSA) is 99.2 Å². The molecule has 3 aromatic rings. The maximum atomic E-state index is 13.1. The molecular weight excluding hydrogens is 440 g/mol. The molecule has 8 nitrogen and oxygen atoms in total. The monoisotopic (exact) mass is 466 g/mol. The average molecular weight is 467 g/mol. The molecule has 1 aliphatic carbocycles. The van der Waals surface area contributed by atoms with E-state index in [4.69, 9.17) is 0 Å². The number of aromatic nitrogens is 2. The molecule has 176 valence electrons. The van der Waals surface area contributed by atoms with Gasteiger partial charge in [-0.15, -0.1) is 0 Å². The van der Waals surface area contributed by atoms with Crippen LogP contribution in [0.25, 0.3) is 0 Å². The van der Waals surface area contributed by atoms with Crippen molar-refractivity contribution in [3.63, 3.8) is 0 Å². The molecule has 2 amide bonds. The number of piperidine rings is 1. The highest BCUT2D eigenvalue weighted by molar-refractivity contribution is 6.03. The Morgan fingerprint density at radius 3 is 2.80 bits per heavy atom. The predicted molar refractivity (Wildman–Crippen MR) is 134 cm³/mol. The normalized spacial score (nSPS) is 18.8. The molecule has 3 N–H and O–H groups in total. The fourth-order valence-corrected chi connectivity index (χ4v) is 5.19. The summed E-state index contributed by atoms with van der Waals surface area (Å²) in [5.41, 5.74) is 6.74. The number of nitrogens with one attached hydrogen (secondary N) is 3. The number of carbonyl (C=O) groups excluding carboxylic acids is 2. The molecule has 0 spiro atoms. The Bertz CT molecular complexity index is 1370. The van der Waals surface area contributed by atoms with Crippen LogP contribution < -0.4 is 16.0 Å². The minimum Gasteiger partial charge on any atom is -0.340 e. The Kier molecular flexibility index (Phi) is 5.21. The number of hydrogen-bond acceptors (Lipinski definition) is 6. The summed E-state index contributed by atoms with van der Waals surface area (Å²) in [4.78, 5) is 36.3. The molecule has 1 unspecified atom stereocenters. The predicted octanol–water partition coefficient (Wildman–Crippen LogP) is 4.20. The minimum atomic E-state index is -0.490. The van der Waals surface area contributed by atoms with Gasteiger partial charge in [-0.05, 0) is 73.6 Å². The number of carbonyl (C=O) groups is 2. The Morgan fingerprint density at radius 2 is 1.91 bits per heavy atom. The Hall–Kier alpha value is -4.20. The molecule has 1 aromatic heterocycles. The number of rotatable bonds is 5. The zero-order valence-electron chi connectivity index (χ0n) is 19.3. The minimum absolute atomic E-state index is 0.127. The first-order valence-electron chi connectivity index (χ1n) is 12.0. The summed E-state index contributed by atoms with van der Waals surface area (Å²) in [6.45, 7) is 4.20. The largest absolute Gasteiger partial charge is 0.340 e. The van der Waals surface area contributed by atoms with Crippen molar-refractivity contribution in [3.05, 3.63) is 83.2 Å². The van der Waals surface area contributed by atoms with Crippen LogP contribution in [-0.2, 0) is 24.2 Å². The lowest BCUT2D eigenvalue weighted by molar-refractivity contribution is -0.126. The second-order valence-corrected chi connectivity index (χ2v) is 9.26. The number of nitrogens with zero attached hydrogens (tertiary/aromatic N) is 3. The molecule has 6 rings (SSSR count). The van der Waals surface area contributed by atoms with Gasteiger partial charge in [-0.2, -0.15) is 4.98 Å². The number of amides is 2. The van der Waals surface area contributed by atoms with E-state index in [1.807, 2.05) is 18.2 Å². The van der Waals surface area contributed by atoms with Crippen molar-refractivity contribution in [1.82, 2.24) is 20.2 Å². The van der Waals surface area contributed by atoms with E-state index in [2.05, 4.69) is 50.7 Å². The zero-order chi connectivity index (χ0) is 23.9. The number of allylic oxidation sites excluding steroid dienone is 1. The van der Waals surface area contributed by atoms with Gasteiger partial charge in [-0.25, -0.2) is 4.98 Å². The third kappa shape index (κ3) is 4.01. The van der Waals surface area contributed by atoms with Crippen LogP contribution in [0.15, 0.2) is 60.9 Å². The maximum absolute atomic E-state index is 13.1. The van der Waals surface area contributed by atoms with Gasteiger partial charge in [-0.1, -0.05) is 18.7 Å². The number of benzene rings is 2. The molecule has 0 radical (unpaired) electrons. The van der Waals surface area contributed by atoms with Crippen molar-refractivity contribution >= 4 is 35.0 Å². The van der Waals surface area contributed by atoms with Gasteiger partial charge >= 0.3 is 0 Å². The summed E-state index contributed by atoms with van der Waals surface area (Å²) >= 11 is 0. The van der Waals surface area contributed by atoms with Crippen LogP contribution in [0.1, 0.15) is 46.3 Å². The summed E-state index contributed by atoms with van der Waals surface area (Å²) in [6.07, 6.45) is 6.41. The standard InChI is InChI=1S/C27H26N6O2/c1-16-8-11-23(25(34)29-16)33-15-21-20(26(33)35)6-3-7-22(21)31-24-12-13-28-27(32-24)30-19-10-9-17-4-2-5-18(17)14-19/h3,6-7,9-10,12-14,23H,1-2,4-5,8,11,15H2,(H,29,34)(H2,28,30,31,32). The summed E-state index contributed by atoms with van der Waals surface area (Å²) in [7, 11) is 0. The highest BCUT2D eigenvalue weighted by Gasteiger charge is 2.39. The van der Waals surface area contributed by atoms with Crippen molar-refractivity contribution in [2.75, 3.05) is 10.6 Å². The van der Waals surface area contributed by atoms with Gasteiger partial charge in [0.25, 0.3) is 5.91 Å². The van der Waals surface area contributed by atoms with E-state index >= 15 is 0 Å². The van der Waals surface area contributed by atoms with Gasteiger partial charge in [0.05, 0.1) is 0 Å². The summed E-state index contributed by atoms with van der Waals surface area (Å²) in [5.74, 6) is 0.819. The number of fused-ring (bicyclic) bond motifs is 2. The molecule has 2 aliphatic heterocycles. The Labute approximate surface area is 203 Å². The average Bonchev–Trinajstić information content (AvgIpc) is 3.44. The van der Waals surface area contributed by atoms with Crippen LogP contribution in [0.3, 0.4) is 0 Å². The Morgan fingerprint density at radius 1 is 1.03 bits per heavy atom. The van der Waals surface area contributed by atoms with E-state index < -0.39 is 6.04 Å². The molecule has 3 heterocycles.